The summed E-state index contributed by atoms with van der Waals surface area (Å²) in [6, 6.07) is 10.7. The number of carbonyl (C=O) groups excluding carboxylic acids is 1. The smallest absolute Gasteiger partial charge is 0.407 e. The number of nitrogens with zero attached hydrogens (tertiary/aromatic N) is 3. The van der Waals surface area contributed by atoms with Gasteiger partial charge < -0.3 is 24.2 Å². The normalized spacial score (nSPS) is 14.5. The number of carbonyl (C=O) groups is 2. The van der Waals surface area contributed by atoms with Crippen LogP contribution in [0.2, 0.25) is 5.02 Å². The average molecular weight is 524 g/mol. The minimum Gasteiger partial charge on any atom is -0.465 e. The number of hydrogen-bond acceptors (Lipinski definition) is 6. The Labute approximate surface area is 214 Å². The monoisotopic (exact) mass is 523 g/mol. The number of amides is 2. The largest absolute Gasteiger partial charge is 0.465 e. The molecule has 0 saturated carbocycles. The molecule has 2 amide bonds. The standard InChI is InChI=1S/C25H31ClFN3O6/c1-28(23(31)17-30(24(32)33)11-10-29-12-14-36-15-13-29)22-9-8-18(26)16-20(22)25(34-2,35-3)19-6-4-5-7-21(19)27/h4-9,16H,10-15,17H2,1-3H3,(H,32,33). The van der Waals surface area contributed by atoms with Crippen LogP contribution in [0.3, 0.4) is 0 Å². The maximum atomic E-state index is 14.9. The van der Waals surface area contributed by atoms with Crippen LogP contribution in [-0.4, -0.2) is 94.1 Å². The van der Waals surface area contributed by atoms with Gasteiger partial charge >= 0.3 is 6.09 Å². The van der Waals surface area contributed by atoms with E-state index >= 15 is 0 Å². The van der Waals surface area contributed by atoms with Crippen LogP contribution in [0.5, 0.6) is 0 Å². The molecule has 0 aliphatic carbocycles. The van der Waals surface area contributed by atoms with Gasteiger partial charge in [-0.05, 0) is 24.3 Å². The molecule has 0 atom stereocenters. The Kier molecular flexibility index (Phi) is 9.63. The number of likely N-dealkylation sites (N-methyl/N-ethyl adjacent to an activating group) is 1. The van der Waals surface area contributed by atoms with Gasteiger partial charge in [0.2, 0.25) is 11.7 Å². The van der Waals surface area contributed by atoms with E-state index in [1.807, 2.05) is 0 Å². The highest BCUT2D eigenvalue weighted by molar-refractivity contribution is 6.30. The Bertz CT molecular complexity index is 1060. The number of benzene rings is 2. The maximum Gasteiger partial charge on any atom is 0.407 e. The van der Waals surface area contributed by atoms with Crippen LogP contribution >= 0.6 is 11.6 Å². The summed E-state index contributed by atoms with van der Waals surface area (Å²) in [4.78, 5) is 29.6. The van der Waals surface area contributed by atoms with Crippen molar-refractivity contribution in [1.29, 1.82) is 0 Å². The molecule has 11 heteroatoms. The first-order chi connectivity index (χ1) is 17.2. The van der Waals surface area contributed by atoms with E-state index in [0.29, 0.717) is 43.6 Å². The number of methoxy groups -OCH3 is 2. The molecule has 196 valence electrons. The van der Waals surface area contributed by atoms with Crippen molar-refractivity contribution in [3.05, 3.63) is 64.4 Å². The van der Waals surface area contributed by atoms with E-state index in [2.05, 4.69) is 4.90 Å². The van der Waals surface area contributed by atoms with Crippen molar-refractivity contribution in [2.24, 2.45) is 0 Å². The van der Waals surface area contributed by atoms with Gasteiger partial charge in [-0.2, -0.15) is 0 Å². The van der Waals surface area contributed by atoms with Crippen molar-refractivity contribution in [3.8, 4) is 0 Å². The predicted molar refractivity (Wildman–Crippen MR) is 133 cm³/mol. The molecule has 2 aromatic carbocycles. The van der Waals surface area contributed by atoms with Crippen molar-refractivity contribution in [2.75, 3.05) is 72.1 Å². The van der Waals surface area contributed by atoms with E-state index < -0.39 is 23.6 Å². The SMILES string of the molecule is COC(OC)(c1ccccc1F)c1cc(Cl)ccc1N(C)C(=O)CN(CCN1CCOCC1)C(=O)O. The molecule has 1 N–H and O–H groups in total. The summed E-state index contributed by atoms with van der Waals surface area (Å²) in [7, 11) is 4.23. The average Bonchev–Trinajstić information content (AvgIpc) is 2.88. The molecule has 1 fully saturated rings. The first kappa shape index (κ1) is 27.8. The fraction of sp³-hybridized carbons (Fsp3) is 0.440. The Morgan fingerprint density at radius 2 is 1.81 bits per heavy atom. The molecular formula is C25H31ClFN3O6. The fourth-order valence-electron chi connectivity index (χ4n) is 4.19. The molecule has 0 aromatic heterocycles. The second-order valence-electron chi connectivity index (χ2n) is 8.28. The third kappa shape index (κ3) is 6.13. The van der Waals surface area contributed by atoms with E-state index in [0.717, 1.165) is 4.90 Å². The lowest BCUT2D eigenvalue weighted by Gasteiger charge is -2.35. The minimum atomic E-state index is -1.72. The zero-order valence-corrected chi connectivity index (χ0v) is 21.3. The number of ether oxygens (including phenoxy) is 3. The summed E-state index contributed by atoms with van der Waals surface area (Å²) in [5.74, 6) is -2.78. The lowest BCUT2D eigenvalue weighted by molar-refractivity contribution is -0.185. The molecule has 36 heavy (non-hydrogen) atoms. The van der Waals surface area contributed by atoms with Crippen LogP contribution in [0.4, 0.5) is 14.9 Å². The number of hydrogen-bond donors (Lipinski definition) is 1. The van der Waals surface area contributed by atoms with E-state index in [1.54, 1.807) is 24.3 Å². The van der Waals surface area contributed by atoms with E-state index in [4.69, 9.17) is 25.8 Å². The van der Waals surface area contributed by atoms with Gasteiger partial charge in [-0.15, -0.1) is 0 Å². The molecule has 0 bridgehead atoms. The zero-order valence-electron chi connectivity index (χ0n) is 20.6. The summed E-state index contributed by atoms with van der Waals surface area (Å²) >= 11 is 6.28. The maximum absolute atomic E-state index is 14.9. The van der Waals surface area contributed by atoms with Crippen LogP contribution in [0.15, 0.2) is 42.5 Å². The molecule has 2 aromatic rings. The van der Waals surface area contributed by atoms with Crippen molar-refractivity contribution in [2.45, 2.75) is 5.79 Å². The highest BCUT2D eigenvalue weighted by Crippen LogP contribution is 2.41. The molecule has 1 aliphatic rings. The Morgan fingerprint density at radius 1 is 1.14 bits per heavy atom. The molecule has 1 aliphatic heterocycles. The van der Waals surface area contributed by atoms with Crippen LogP contribution in [0.1, 0.15) is 11.1 Å². The predicted octanol–water partition coefficient (Wildman–Crippen LogP) is 3.25. The van der Waals surface area contributed by atoms with Crippen molar-refractivity contribution < 1.29 is 33.3 Å². The number of rotatable bonds is 10. The molecular weight excluding hydrogens is 493 g/mol. The zero-order chi connectivity index (χ0) is 26.3. The van der Waals surface area contributed by atoms with Crippen molar-refractivity contribution in [3.63, 3.8) is 0 Å². The Hall–Kier alpha value is -2.76. The molecule has 1 saturated heterocycles. The minimum absolute atomic E-state index is 0.0945. The first-order valence-corrected chi connectivity index (χ1v) is 11.8. The van der Waals surface area contributed by atoms with Crippen molar-refractivity contribution >= 4 is 29.3 Å². The summed E-state index contributed by atoms with van der Waals surface area (Å²) < 4.78 is 31.6. The number of halogens is 2. The summed E-state index contributed by atoms with van der Waals surface area (Å²) in [6.07, 6.45) is -1.20. The molecule has 9 nitrogen and oxygen atoms in total. The third-order valence-corrected chi connectivity index (χ3v) is 6.47. The van der Waals surface area contributed by atoms with E-state index in [1.165, 1.54) is 44.4 Å². The summed E-state index contributed by atoms with van der Waals surface area (Å²) in [5, 5.41) is 10.0. The van der Waals surface area contributed by atoms with Crippen LogP contribution in [-0.2, 0) is 24.8 Å². The summed E-state index contributed by atoms with van der Waals surface area (Å²) in [6.45, 7) is 2.89. The Balaban J connectivity index is 1.89. The molecule has 1 heterocycles. The van der Waals surface area contributed by atoms with Gasteiger partial charge in [-0.1, -0.05) is 29.8 Å². The fourth-order valence-corrected chi connectivity index (χ4v) is 4.37. The quantitative estimate of drug-likeness (QED) is 0.478. The van der Waals surface area contributed by atoms with Gasteiger partial charge in [0.05, 0.1) is 24.5 Å². The van der Waals surface area contributed by atoms with Gasteiger partial charge in [0.25, 0.3) is 0 Å². The topological polar surface area (TPSA) is 91.8 Å². The van der Waals surface area contributed by atoms with Gasteiger partial charge in [0.1, 0.15) is 12.4 Å². The highest BCUT2D eigenvalue weighted by Gasteiger charge is 2.40. The van der Waals surface area contributed by atoms with Crippen LogP contribution in [0.25, 0.3) is 0 Å². The second kappa shape index (κ2) is 12.5. The molecule has 0 unspecified atom stereocenters. The third-order valence-electron chi connectivity index (χ3n) is 6.24. The lowest BCUT2D eigenvalue weighted by atomic mass is 9.94. The van der Waals surface area contributed by atoms with Gasteiger partial charge in [-0.3, -0.25) is 14.6 Å². The van der Waals surface area contributed by atoms with Gasteiger partial charge in [0.15, 0.2) is 0 Å². The first-order valence-electron chi connectivity index (χ1n) is 11.4. The van der Waals surface area contributed by atoms with E-state index in [9.17, 15) is 19.1 Å². The lowest BCUT2D eigenvalue weighted by Crippen LogP contribution is -2.46. The second-order valence-corrected chi connectivity index (χ2v) is 8.71. The highest BCUT2D eigenvalue weighted by atomic mass is 35.5. The Morgan fingerprint density at radius 3 is 2.42 bits per heavy atom. The number of anilines is 1. The molecule has 0 radical (unpaired) electrons. The van der Waals surface area contributed by atoms with Gasteiger partial charge in [-0.25, -0.2) is 9.18 Å². The number of morpholine rings is 1. The summed E-state index contributed by atoms with van der Waals surface area (Å²) in [5.41, 5.74) is 0.711. The molecule has 0 spiro atoms. The van der Waals surface area contributed by atoms with Crippen molar-refractivity contribution in [1.82, 2.24) is 9.80 Å². The number of carboxylic acid groups (broad SMARTS) is 1. The van der Waals surface area contributed by atoms with E-state index in [-0.39, 0.29) is 24.2 Å². The molecule has 3 rings (SSSR count). The van der Waals surface area contributed by atoms with Gasteiger partial charge in [0, 0.05) is 58.0 Å². The van der Waals surface area contributed by atoms with Crippen LogP contribution < -0.4 is 4.90 Å². The van der Waals surface area contributed by atoms with Crippen LogP contribution in [0, 0.1) is 5.82 Å².